The number of amides is 1. The van der Waals surface area contributed by atoms with Crippen molar-refractivity contribution in [3.63, 3.8) is 0 Å². The minimum absolute atomic E-state index is 0.0191. The van der Waals surface area contributed by atoms with Crippen molar-refractivity contribution in [3.8, 4) is 34.8 Å². The van der Waals surface area contributed by atoms with Crippen molar-refractivity contribution in [2.45, 2.75) is 63.8 Å². The van der Waals surface area contributed by atoms with E-state index in [0.717, 1.165) is 27.8 Å². The Kier molecular flexibility index (Phi) is 7.62. The summed E-state index contributed by atoms with van der Waals surface area (Å²) in [6, 6.07) is 3.09. The van der Waals surface area contributed by atoms with E-state index < -0.39 is 12.1 Å². The molecular weight excluding hydrogens is 552 g/mol. The highest BCUT2D eigenvalue weighted by Gasteiger charge is 2.56. The number of piperazine rings is 1. The number of likely N-dealkylation sites (N-methyl/N-ethyl adjacent to an activating group) is 1. The molecule has 0 radical (unpaired) electrons. The van der Waals surface area contributed by atoms with Crippen molar-refractivity contribution in [1.29, 1.82) is 5.26 Å². The number of phenols is 1. The van der Waals surface area contributed by atoms with Gasteiger partial charge < -0.3 is 34.1 Å². The van der Waals surface area contributed by atoms with Crippen LogP contribution in [0.4, 0.5) is 0 Å². The minimum atomic E-state index is -0.499. The SMILES string of the molecule is C=CCOc1c(C)c2c(c3c1CC1C4c5c(cc(C)c(O)c5OCOC)CC([C@H](C#N)N1C3CNC(C)=O)N4C)OCO2. The van der Waals surface area contributed by atoms with Gasteiger partial charge in [0, 0.05) is 54.9 Å². The van der Waals surface area contributed by atoms with Gasteiger partial charge in [0.25, 0.3) is 0 Å². The van der Waals surface area contributed by atoms with Gasteiger partial charge in [0.1, 0.15) is 18.4 Å². The molecular formula is C32H38N4O7. The molecule has 0 aromatic heterocycles. The number of carbonyl (C=O) groups is 1. The van der Waals surface area contributed by atoms with Crippen molar-refractivity contribution < 1.29 is 33.6 Å². The van der Waals surface area contributed by atoms with Crippen LogP contribution in [0.3, 0.4) is 0 Å². The number of hydrogen-bond acceptors (Lipinski definition) is 10. The molecule has 5 atom stereocenters. The largest absolute Gasteiger partial charge is 0.504 e. The number of nitrogens with zero attached hydrogens (tertiary/aromatic N) is 3. The number of carbonyl (C=O) groups excluding carboxylic acids is 1. The first kappa shape index (κ1) is 29.1. The maximum atomic E-state index is 12.3. The van der Waals surface area contributed by atoms with E-state index in [-0.39, 0.29) is 49.9 Å². The number of ether oxygens (including phenoxy) is 5. The number of nitriles is 1. The fourth-order valence-electron chi connectivity index (χ4n) is 7.60. The summed E-state index contributed by atoms with van der Waals surface area (Å²) in [5.74, 6) is 2.26. The zero-order valence-corrected chi connectivity index (χ0v) is 25.2. The molecule has 1 saturated heterocycles. The topological polar surface area (TPSA) is 126 Å². The van der Waals surface area contributed by atoms with Crippen LogP contribution in [-0.4, -0.2) is 79.8 Å². The molecule has 2 aromatic carbocycles. The molecule has 4 unspecified atom stereocenters. The molecule has 4 heterocycles. The maximum Gasteiger partial charge on any atom is 0.231 e. The number of benzene rings is 2. The summed E-state index contributed by atoms with van der Waals surface area (Å²) in [4.78, 5) is 16.8. The number of aromatic hydroxyl groups is 1. The molecule has 1 fully saturated rings. The summed E-state index contributed by atoms with van der Waals surface area (Å²) in [7, 11) is 3.58. The van der Waals surface area contributed by atoms with Crippen LogP contribution in [0.5, 0.6) is 28.7 Å². The molecule has 6 rings (SSSR count). The Hall–Kier alpha value is -3.98. The first-order valence-corrected chi connectivity index (χ1v) is 14.5. The number of methoxy groups -OCH3 is 1. The molecule has 0 aliphatic carbocycles. The second-order valence-electron chi connectivity index (χ2n) is 11.6. The lowest BCUT2D eigenvalue weighted by Gasteiger charge is -2.60. The third-order valence-electron chi connectivity index (χ3n) is 9.28. The molecule has 0 spiro atoms. The van der Waals surface area contributed by atoms with Gasteiger partial charge in [-0.3, -0.25) is 14.6 Å². The maximum absolute atomic E-state index is 12.3. The van der Waals surface area contributed by atoms with Gasteiger partial charge in [-0.25, -0.2) is 0 Å². The summed E-state index contributed by atoms with van der Waals surface area (Å²) >= 11 is 0. The molecule has 2 bridgehead atoms. The van der Waals surface area contributed by atoms with Crippen LogP contribution < -0.4 is 24.3 Å². The Labute approximate surface area is 251 Å². The Balaban J connectivity index is 1.61. The Morgan fingerprint density at radius 1 is 1.21 bits per heavy atom. The number of phenolic OH excluding ortho intramolecular Hbond substituents is 1. The average Bonchev–Trinajstić information content (AvgIpc) is 3.47. The summed E-state index contributed by atoms with van der Waals surface area (Å²) < 4.78 is 29.6. The van der Waals surface area contributed by atoms with E-state index in [1.807, 2.05) is 27.0 Å². The lowest BCUT2D eigenvalue weighted by molar-refractivity contribution is -0.120. The average molecular weight is 591 g/mol. The Morgan fingerprint density at radius 2 is 1.98 bits per heavy atom. The van der Waals surface area contributed by atoms with E-state index in [9.17, 15) is 15.2 Å². The number of rotatable bonds is 8. The summed E-state index contributed by atoms with van der Waals surface area (Å²) in [6.07, 6.45) is 2.81. The van der Waals surface area contributed by atoms with Crippen LogP contribution in [0.1, 0.15) is 52.4 Å². The summed E-state index contributed by atoms with van der Waals surface area (Å²) in [6.45, 7) is 9.75. The van der Waals surface area contributed by atoms with Gasteiger partial charge in [-0.2, -0.15) is 5.26 Å². The third-order valence-corrected chi connectivity index (χ3v) is 9.28. The lowest BCUT2D eigenvalue weighted by Crippen LogP contribution is -2.68. The minimum Gasteiger partial charge on any atom is -0.504 e. The van der Waals surface area contributed by atoms with Gasteiger partial charge in [0.2, 0.25) is 12.7 Å². The second kappa shape index (κ2) is 11.3. The van der Waals surface area contributed by atoms with Gasteiger partial charge in [-0.1, -0.05) is 18.7 Å². The fourth-order valence-corrected chi connectivity index (χ4v) is 7.60. The van der Waals surface area contributed by atoms with E-state index >= 15 is 0 Å². The van der Waals surface area contributed by atoms with E-state index in [2.05, 4.69) is 27.8 Å². The molecule has 0 saturated carbocycles. The molecule has 2 aromatic rings. The van der Waals surface area contributed by atoms with Crippen molar-refractivity contribution in [2.24, 2.45) is 0 Å². The number of fused-ring (bicyclic) bond motifs is 9. The predicted molar refractivity (Wildman–Crippen MR) is 156 cm³/mol. The summed E-state index contributed by atoms with van der Waals surface area (Å²) in [5, 5.41) is 25.0. The molecule has 11 nitrogen and oxygen atoms in total. The standard InChI is InChI=1S/C32H38N4O7/c1-7-8-40-29-17(3)30-32(43-15-42-30)26-20(29)11-22-27-25-19(9-16(2)28(38)31(25)41-14-39-6)10-21(35(27)5)23(12-33)36(22)24(26)13-34-18(4)37/h7,9,21-24,27,38H,1,8,10-11,13-15H2,2-6H3,(H,34,37)/t21?,22?,23-,24?,27?/m0/s1. The Morgan fingerprint density at radius 3 is 2.67 bits per heavy atom. The zero-order chi connectivity index (χ0) is 30.6. The van der Waals surface area contributed by atoms with Crippen LogP contribution in [0, 0.1) is 25.2 Å². The van der Waals surface area contributed by atoms with E-state index in [0.29, 0.717) is 48.0 Å². The highest BCUT2D eigenvalue weighted by atomic mass is 16.7. The molecule has 1 amide bonds. The fraction of sp³-hybridized carbons (Fsp3) is 0.500. The summed E-state index contributed by atoms with van der Waals surface area (Å²) in [5.41, 5.74) is 5.29. The van der Waals surface area contributed by atoms with Crippen molar-refractivity contribution in [2.75, 3.05) is 40.9 Å². The first-order chi connectivity index (χ1) is 20.7. The van der Waals surface area contributed by atoms with Gasteiger partial charge in [0.05, 0.1) is 18.2 Å². The monoisotopic (exact) mass is 590 g/mol. The highest BCUT2D eigenvalue weighted by Crippen LogP contribution is 2.58. The van der Waals surface area contributed by atoms with Crippen LogP contribution in [0.2, 0.25) is 0 Å². The quantitative estimate of drug-likeness (QED) is 0.350. The number of nitrogens with one attached hydrogen (secondary N) is 1. The van der Waals surface area contributed by atoms with Gasteiger partial charge in [-0.05, 0) is 44.9 Å². The zero-order valence-electron chi connectivity index (χ0n) is 25.2. The van der Waals surface area contributed by atoms with Gasteiger partial charge >= 0.3 is 0 Å². The first-order valence-electron chi connectivity index (χ1n) is 14.5. The molecule has 2 N–H and O–H groups in total. The lowest BCUT2D eigenvalue weighted by atomic mass is 9.71. The third kappa shape index (κ3) is 4.47. The van der Waals surface area contributed by atoms with Crippen LogP contribution in [-0.2, 0) is 22.4 Å². The molecule has 11 heteroatoms. The number of hydrogen-bond donors (Lipinski definition) is 2. The van der Waals surface area contributed by atoms with Crippen molar-refractivity contribution >= 4 is 5.91 Å². The number of aryl methyl sites for hydroxylation is 1. The van der Waals surface area contributed by atoms with Crippen LogP contribution in [0.25, 0.3) is 0 Å². The second-order valence-corrected chi connectivity index (χ2v) is 11.6. The molecule has 4 aliphatic rings. The van der Waals surface area contributed by atoms with E-state index in [1.54, 1.807) is 13.2 Å². The van der Waals surface area contributed by atoms with Gasteiger partial charge in [-0.15, -0.1) is 0 Å². The van der Waals surface area contributed by atoms with Crippen molar-refractivity contribution in [3.05, 3.63) is 52.1 Å². The molecule has 43 heavy (non-hydrogen) atoms. The van der Waals surface area contributed by atoms with E-state index in [1.165, 1.54) is 6.92 Å². The highest BCUT2D eigenvalue weighted by molar-refractivity contribution is 5.73. The van der Waals surface area contributed by atoms with Crippen LogP contribution in [0.15, 0.2) is 18.7 Å². The predicted octanol–water partition coefficient (Wildman–Crippen LogP) is 3.19. The Bertz CT molecular complexity index is 1520. The van der Waals surface area contributed by atoms with Crippen LogP contribution >= 0.6 is 0 Å². The molecule has 228 valence electrons. The van der Waals surface area contributed by atoms with Gasteiger partial charge in [0.15, 0.2) is 29.8 Å². The normalized spacial score (nSPS) is 25.2. The van der Waals surface area contributed by atoms with Crippen molar-refractivity contribution in [1.82, 2.24) is 15.1 Å². The smallest absolute Gasteiger partial charge is 0.231 e. The van der Waals surface area contributed by atoms with E-state index in [4.69, 9.17) is 23.7 Å². The molecule has 4 aliphatic heterocycles.